The number of halogens is 1. The van der Waals surface area contributed by atoms with Crippen molar-refractivity contribution in [3.05, 3.63) is 22.3 Å². The first-order valence-electron chi connectivity index (χ1n) is 7.35. The summed E-state index contributed by atoms with van der Waals surface area (Å²) in [5.41, 5.74) is 6.81. The van der Waals surface area contributed by atoms with Crippen molar-refractivity contribution in [1.29, 1.82) is 0 Å². The van der Waals surface area contributed by atoms with E-state index in [0.717, 1.165) is 30.4 Å². The van der Waals surface area contributed by atoms with Gasteiger partial charge in [-0.3, -0.25) is 4.79 Å². The number of amides is 1. The fraction of sp³-hybridized carbons (Fsp3) is 0.600. The lowest BCUT2D eigenvalue weighted by Crippen LogP contribution is -2.34. The molecule has 3 unspecified atom stereocenters. The number of anilines is 1. The summed E-state index contributed by atoms with van der Waals surface area (Å²) in [6.45, 7) is 1.61. The molecule has 114 valence electrons. The van der Waals surface area contributed by atoms with Gasteiger partial charge in [0, 0.05) is 43.9 Å². The van der Waals surface area contributed by atoms with Gasteiger partial charge in [-0.25, -0.2) is 4.98 Å². The van der Waals surface area contributed by atoms with Crippen molar-refractivity contribution in [2.24, 2.45) is 17.6 Å². The maximum Gasteiger partial charge on any atom is 0.257 e. The van der Waals surface area contributed by atoms with Crippen LogP contribution in [0.3, 0.4) is 0 Å². The van der Waals surface area contributed by atoms with Crippen molar-refractivity contribution in [1.82, 2.24) is 9.88 Å². The molecule has 0 spiro atoms. The third kappa shape index (κ3) is 2.66. The van der Waals surface area contributed by atoms with Crippen LogP contribution >= 0.6 is 15.9 Å². The van der Waals surface area contributed by atoms with Gasteiger partial charge in [0.15, 0.2) is 0 Å². The van der Waals surface area contributed by atoms with Gasteiger partial charge in [-0.2, -0.15) is 0 Å². The molecule has 1 aliphatic carbocycles. The van der Waals surface area contributed by atoms with E-state index in [1.807, 2.05) is 30.0 Å². The maximum atomic E-state index is 12.9. The number of pyridine rings is 1. The third-order valence-corrected chi connectivity index (χ3v) is 5.12. The molecule has 2 fully saturated rings. The van der Waals surface area contributed by atoms with Gasteiger partial charge in [0.05, 0.1) is 5.56 Å². The molecule has 2 N–H and O–H groups in total. The van der Waals surface area contributed by atoms with Crippen LogP contribution in [-0.2, 0) is 0 Å². The Morgan fingerprint density at radius 1 is 1.43 bits per heavy atom. The van der Waals surface area contributed by atoms with Crippen molar-refractivity contribution in [2.75, 3.05) is 32.1 Å². The molecule has 3 atom stereocenters. The van der Waals surface area contributed by atoms with Crippen molar-refractivity contribution in [3.63, 3.8) is 0 Å². The highest BCUT2D eigenvalue weighted by molar-refractivity contribution is 9.10. The van der Waals surface area contributed by atoms with Crippen LogP contribution in [0.25, 0.3) is 0 Å². The highest BCUT2D eigenvalue weighted by atomic mass is 79.9. The van der Waals surface area contributed by atoms with Gasteiger partial charge in [0.25, 0.3) is 5.91 Å². The van der Waals surface area contributed by atoms with Gasteiger partial charge in [-0.05, 0) is 46.7 Å². The van der Waals surface area contributed by atoms with Crippen LogP contribution in [0.2, 0.25) is 0 Å². The Morgan fingerprint density at radius 3 is 2.86 bits per heavy atom. The van der Waals surface area contributed by atoms with Crippen LogP contribution in [-0.4, -0.2) is 49.0 Å². The molecule has 5 nitrogen and oxygen atoms in total. The molecule has 2 aliphatic rings. The quantitative estimate of drug-likeness (QED) is 0.880. The van der Waals surface area contributed by atoms with Crippen LogP contribution in [0.4, 0.5) is 5.82 Å². The van der Waals surface area contributed by atoms with E-state index in [1.54, 1.807) is 6.20 Å². The molecule has 1 aromatic rings. The SMILES string of the molecule is CN(C)c1ncc(Br)cc1C(=O)N1CC2CCC(N)C2C1. The first-order valence-corrected chi connectivity index (χ1v) is 8.14. The Bertz CT molecular complexity index is 563. The van der Waals surface area contributed by atoms with Crippen molar-refractivity contribution < 1.29 is 4.79 Å². The molecule has 0 radical (unpaired) electrons. The lowest BCUT2D eigenvalue weighted by atomic mass is 9.98. The van der Waals surface area contributed by atoms with E-state index >= 15 is 0 Å². The molecule has 0 bridgehead atoms. The molecule has 1 saturated carbocycles. The van der Waals surface area contributed by atoms with Gasteiger partial charge in [0.2, 0.25) is 0 Å². The van der Waals surface area contributed by atoms with Gasteiger partial charge in [0.1, 0.15) is 5.82 Å². The van der Waals surface area contributed by atoms with Crippen LogP contribution < -0.4 is 10.6 Å². The Morgan fingerprint density at radius 2 is 2.19 bits per heavy atom. The summed E-state index contributed by atoms with van der Waals surface area (Å²) in [4.78, 5) is 21.1. The fourth-order valence-electron chi connectivity index (χ4n) is 3.59. The van der Waals surface area contributed by atoms with E-state index in [9.17, 15) is 4.79 Å². The summed E-state index contributed by atoms with van der Waals surface area (Å²) in [5, 5.41) is 0. The fourth-order valence-corrected chi connectivity index (χ4v) is 3.92. The average molecular weight is 353 g/mol. The summed E-state index contributed by atoms with van der Waals surface area (Å²) in [5.74, 6) is 1.82. The molecule has 1 saturated heterocycles. The molecule has 2 heterocycles. The molecule has 1 amide bonds. The van der Waals surface area contributed by atoms with Gasteiger partial charge < -0.3 is 15.5 Å². The number of hydrogen-bond donors (Lipinski definition) is 1. The lowest BCUT2D eigenvalue weighted by molar-refractivity contribution is 0.0780. The smallest absolute Gasteiger partial charge is 0.257 e. The van der Waals surface area contributed by atoms with Crippen LogP contribution in [0.1, 0.15) is 23.2 Å². The Hall–Kier alpha value is -1.14. The Balaban J connectivity index is 1.85. The minimum atomic E-state index is 0.0640. The second-order valence-corrected chi connectivity index (χ2v) is 7.21. The number of fused-ring (bicyclic) bond motifs is 1. The van der Waals surface area contributed by atoms with Crippen LogP contribution in [0, 0.1) is 11.8 Å². The first kappa shape index (κ1) is 14.8. The van der Waals surface area contributed by atoms with E-state index in [0.29, 0.717) is 23.2 Å². The predicted molar refractivity (Wildman–Crippen MR) is 86.4 cm³/mol. The number of carbonyl (C=O) groups is 1. The summed E-state index contributed by atoms with van der Waals surface area (Å²) < 4.78 is 0.826. The topological polar surface area (TPSA) is 62.5 Å². The summed E-state index contributed by atoms with van der Waals surface area (Å²) in [6.07, 6.45) is 3.96. The number of rotatable bonds is 2. The average Bonchev–Trinajstić information content (AvgIpc) is 3.00. The Labute approximate surface area is 133 Å². The number of hydrogen-bond acceptors (Lipinski definition) is 4. The standard InChI is InChI=1S/C15H21BrN4O/c1-19(2)14-11(5-10(16)6-18-14)15(21)20-7-9-3-4-13(17)12(9)8-20/h5-6,9,12-13H,3-4,7-8,17H2,1-2H3. The highest BCUT2D eigenvalue weighted by Gasteiger charge is 2.43. The lowest BCUT2D eigenvalue weighted by Gasteiger charge is -2.22. The summed E-state index contributed by atoms with van der Waals surface area (Å²) in [6, 6.07) is 2.11. The molecule has 3 rings (SSSR count). The Kier molecular flexibility index (Phi) is 3.92. The van der Waals surface area contributed by atoms with E-state index < -0.39 is 0 Å². The highest BCUT2D eigenvalue weighted by Crippen LogP contribution is 2.38. The maximum absolute atomic E-state index is 12.9. The van der Waals surface area contributed by atoms with E-state index in [4.69, 9.17) is 5.73 Å². The molecule has 6 heteroatoms. The van der Waals surface area contributed by atoms with Gasteiger partial charge >= 0.3 is 0 Å². The van der Waals surface area contributed by atoms with E-state index in [-0.39, 0.29) is 11.9 Å². The largest absolute Gasteiger partial charge is 0.362 e. The number of aromatic nitrogens is 1. The van der Waals surface area contributed by atoms with Crippen LogP contribution in [0.15, 0.2) is 16.7 Å². The molecule has 0 aromatic carbocycles. The minimum absolute atomic E-state index is 0.0640. The number of carbonyl (C=O) groups excluding carboxylic acids is 1. The zero-order valence-electron chi connectivity index (χ0n) is 12.4. The predicted octanol–water partition coefficient (Wildman–Crippen LogP) is 1.72. The molecule has 1 aliphatic heterocycles. The summed E-state index contributed by atoms with van der Waals surface area (Å²) in [7, 11) is 3.81. The number of nitrogens with two attached hydrogens (primary N) is 1. The molecular formula is C15H21BrN4O. The number of likely N-dealkylation sites (tertiary alicyclic amines) is 1. The molecule has 21 heavy (non-hydrogen) atoms. The zero-order chi connectivity index (χ0) is 15.1. The van der Waals surface area contributed by atoms with Gasteiger partial charge in [-0.15, -0.1) is 0 Å². The van der Waals surface area contributed by atoms with Crippen molar-refractivity contribution in [3.8, 4) is 0 Å². The van der Waals surface area contributed by atoms with Gasteiger partial charge in [-0.1, -0.05) is 0 Å². The second-order valence-electron chi connectivity index (χ2n) is 6.29. The second kappa shape index (κ2) is 5.57. The van der Waals surface area contributed by atoms with E-state index in [2.05, 4.69) is 20.9 Å². The van der Waals surface area contributed by atoms with Crippen molar-refractivity contribution in [2.45, 2.75) is 18.9 Å². The minimum Gasteiger partial charge on any atom is -0.362 e. The zero-order valence-corrected chi connectivity index (χ0v) is 14.0. The van der Waals surface area contributed by atoms with Crippen molar-refractivity contribution >= 4 is 27.7 Å². The monoisotopic (exact) mass is 352 g/mol. The molecule has 1 aromatic heterocycles. The van der Waals surface area contributed by atoms with Crippen LogP contribution in [0.5, 0.6) is 0 Å². The summed E-state index contributed by atoms with van der Waals surface area (Å²) >= 11 is 3.41. The normalized spacial score (nSPS) is 27.8. The first-order chi connectivity index (χ1) is 9.97. The third-order valence-electron chi connectivity index (χ3n) is 4.69. The number of nitrogens with zero attached hydrogens (tertiary/aromatic N) is 3. The molecular weight excluding hydrogens is 332 g/mol. The van der Waals surface area contributed by atoms with E-state index in [1.165, 1.54) is 0 Å².